The standard InChI is InChI=1S/C25H18F4N6O3/c26-18-8-5-15(25(27,28)29)10-19(18)34-24(38)33-16-6-3-13(4-7-16)20-17(12-35(31)21(20)23(30)37)22(36)14-2-1-9-32-11-14/h1-12H,31H2,(H2,30,37)(H2,33,34,38). The van der Waals surface area contributed by atoms with Crippen molar-refractivity contribution in [2.45, 2.75) is 6.18 Å². The SMILES string of the molecule is NC(=O)c1c(-c2ccc(NC(=O)Nc3cc(C(F)(F)F)ccc3F)cc2)c(C(=O)c2cccnc2)cn1N. The van der Waals surface area contributed by atoms with Gasteiger partial charge in [-0.15, -0.1) is 0 Å². The Bertz CT molecular complexity index is 1530. The molecule has 194 valence electrons. The Morgan fingerprint density at radius 2 is 1.68 bits per heavy atom. The van der Waals surface area contributed by atoms with Crippen LogP contribution in [0.4, 0.5) is 33.7 Å². The van der Waals surface area contributed by atoms with Crippen molar-refractivity contribution < 1.29 is 31.9 Å². The molecule has 4 rings (SSSR count). The number of benzene rings is 2. The van der Waals surface area contributed by atoms with Gasteiger partial charge in [0.05, 0.1) is 16.8 Å². The van der Waals surface area contributed by atoms with Gasteiger partial charge in [0, 0.05) is 35.4 Å². The van der Waals surface area contributed by atoms with Crippen molar-refractivity contribution in [1.29, 1.82) is 0 Å². The van der Waals surface area contributed by atoms with Gasteiger partial charge in [-0.2, -0.15) is 13.2 Å². The Labute approximate surface area is 212 Å². The molecular weight excluding hydrogens is 508 g/mol. The molecule has 3 amide bonds. The number of anilines is 2. The number of aromatic nitrogens is 2. The van der Waals surface area contributed by atoms with Crippen molar-refractivity contribution in [2.24, 2.45) is 5.73 Å². The summed E-state index contributed by atoms with van der Waals surface area (Å²) in [5.41, 5.74) is 4.55. The van der Waals surface area contributed by atoms with E-state index >= 15 is 0 Å². The summed E-state index contributed by atoms with van der Waals surface area (Å²) < 4.78 is 53.6. The zero-order valence-electron chi connectivity index (χ0n) is 19.2. The number of rotatable bonds is 6. The van der Waals surface area contributed by atoms with E-state index in [1.165, 1.54) is 48.9 Å². The van der Waals surface area contributed by atoms with Gasteiger partial charge in [0.25, 0.3) is 5.91 Å². The van der Waals surface area contributed by atoms with Crippen molar-refractivity contribution >= 4 is 29.1 Å². The number of carbonyl (C=O) groups excluding carboxylic acids is 3. The highest BCUT2D eigenvalue weighted by atomic mass is 19.4. The van der Waals surface area contributed by atoms with Gasteiger partial charge in [-0.3, -0.25) is 19.2 Å². The summed E-state index contributed by atoms with van der Waals surface area (Å²) in [4.78, 5) is 41.4. The number of urea groups is 1. The Morgan fingerprint density at radius 3 is 2.29 bits per heavy atom. The first-order chi connectivity index (χ1) is 18.0. The van der Waals surface area contributed by atoms with Crippen LogP contribution < -0.4 is 22.2 Å². The number of nitrogens with zero attached hydrogens (tertiary/aromatic N) is 2. The predicted molar refractivity (Wildman–Crippen MR) is 130 cm³/mol. The normalized spacial score (nSPS) is 11.2. The summed E-state index contributed by atoms with van der Waals surface area (Å²) in [6, 6.07) is 9.44. The van der Waals surface area contributed by atoms with E-state index in [-0.39, 0.29) is 28.1 Å². The second kappa shape index (κ2) is 10.0. The monoisotopic (exact) mass is 526 g/mol. The molecule has 0 spiro atoms. The number of alkyl halides is 3. The number of primary amides is 1. The van der Waals surface area contributed by atoms with Crippen LogP contribution in [0, 0.1) is 5.82 Å². The molecule has 0 atom stereocenters. The molecule has 2 aromatic carbocycles. The Balaban J connectivity index is 1.60. The van der Waals surface area contributed by atoms with Crippen LogP contribution in [0.3, 0.4) is 0 Å². The van der Waals surface area contributed by atoms with Gasteiger partial charge >= 0.3 is 12.2 Å². The second-order valence-corrected chi connectivity index (χ2v) is 7.96. The maximum absolute atomic E-state index is 13.9. The molecule has 6 N–H and O–H groups in total. The number of hydrogen-bond donors (Lipinski definition) is 4. The first-order valence-corrected chi connectivity index (χ1v) is 10.8. The molecule has 0 aliphatic rings. The topological polar surface area (TPSA) is 145 Å². The summed E-state index contributed by atoms with van der Waals surface area (Å²) >= 11 is 0. The maximum atomic E-state index is 13.9. The second-order valence-electron chi connectivity index (χ2n) is 7.96. The number of nitrogens with one attached hydrogen (secondary N) is 2. The van der Waals surface area contributed by atoms with Gasteiger partial charge in [0.15, 0.2) is 5.78 Å². The van der Waals surface area contributed by atoms with Crippen molar-refractivity contribution in [3.8, 4) is 11.1 Å². The molecule has 0 fully saturated rings. The number of halogens is 4. The van der Waals surface area contributed by atoms with Gasteiger partial charge in [-0.25, -0.2) is 9.18 Å². The third kappa shape index (κ3) is 5.31. The van der Waals surface area contributed by atoms with E-state index in [1.54, 1.807) is 6.07 Å². The molecule has 0 bridgehead atoms. The van der Waals surface area contributed by atoms with Crippen LogP contribution in [0.25, 0.3) is 11.1 Å². The van der Waals surface area contributed by atoms with Crippen molar-refractivity contribution in [3.63, 3.8) is 0 Å². The largest absolute Gasteiger partial charge is 0.416 e. The highest BCUT2D eigenvalue weighted by molar-refractivity contribution is 6.16. The highest BCUT2D eigenvalue weighted by Crippen LogP contribution is 2.33. The molecule has 13 heteroatoms. The Kier molecular flexibility index (Phi) is 6.84. The molecule has 9 nitrogen and oxygen atoms in total. The average molecular weight is 526 g/mol. The van der Waals surface area contributed by atoms with Gasteiger partial charge in [0.2, 0.25) is 0 Å². The summed E-state index contributed by atoms with van der Waals surface area (Å²) in [5.74, 6) is 3.48. The van der Waals surface area contributed by atoms with Gasteiger partial charge in [0.1, 0.15) is 11.5 Å². The van der Waals surface area contributed by atoms with Crippen LogP contribution in [-0.2, 0) is 6.18 Å². The van der Waals surface area contributed by atoms with Crippen LogP contribution in [0.5, 0.6) is 0 Å². The lowest BCUT2D eigenvalue weighted by molar-refractivity contribution is -0.137. The van der Waals surface area contributed by atoms with Crippen molar-refractivity contribution in [2.75, 3.05) is 16.5 Å². The van der Waals surface area contributed by atoms with Gasteiger partial charge in [-0.05, 0) is 48.0 Å². The fourth-order valence-corrected chi connectivity index (χ4v) is 3.69. The maximum Gasteiger partial charge on any atom is 0.416 e. The first kappa shape index (κ1) is 25.9. The third-order valence-corrected chi connectivity index (χ3v) is 5.41. The summed E-state index contributed by atoms with van der Waals surface area (Å²) in [6.45, 7) is 0. The van der Waals surface area contributed by atoms with E-state index in [0.717, 1.165) is 4.68 Å². The lowest BCUT2D eigenvalue weighted by Crippen LogP contribution is -2.21. The molecule has 0 saturated carbocycles. The zero-order chi connectivity index (χ0) is 27.6. The van der Waals surface area contributed by atoms with E-state index < -0.39 is 41.0 Å². The lowest BCUT2D eigenvalue weighted by atomic mass is 9.96. The lowest BCUT2D eigenvalue weighted by Gasteiger charge is -2.12. The number of carbonyl (C=O) groups is 3. The van der Waals surface area contributed by atoms with Gasteiger partial charge in [-0.1, -0.05) is 12.1 Å². The van der Waals surface area contributed by atoms with Crippen molar-refractivity contribution in [3.05, 3.63) is 101 Å². The molecular formula is C25H18F4N6O3. The molecule has 0 radical (unpaired) electrons. The van der Waals surface area contributed by atoms with Crippen molar-refractivity contribution in [1.82, 2.24) is 9.66 Å². The minimum atomic E-state index is -4.72. The molecule has 0 unspecified atom stereocenters. The van der Waals surface area contributed by atoms with Crippen LogP contribution in [0.1, 0.15) is 32.0 Å². The molecule has 0 saturated heterocycles. The smallest absolute Gasteiger partial charge is 0.364 e. The Morgan fingerprint density at radius 1 is 0.974 bits per heavy atom. The van der Waals surface area contributed by atoms with E-state index in [2.05, 4.69) is 10.3 Å². The summed E-state index contributed by atoms with van der Waals surface area (Å²) in [6.07, 6.45) is -0.624. The molecule has 0 aliphatic heterocycles. The van der Waals surface area contributed by atoms with E-state index in [0.29, 0.717) is 23.8 Å². The first-order valence-electron chi connectivity index (χ1n) is 10.8. The van der Waals surface area contributed by atoms with Gasteiger partial charge < -0.3 is 22.2 Å². The van der Waals surface area contributed by atoms with Crippen LogP contribution >= 0.6 is 0 Å². The van der Waals surface area contributed by atoms with E-state index in [4.69, 9.17) is 11.6 Å². The minimum absolute atomic E-state index is 0.0766. The number of amides is 3. The number of nitrogen functional groups attached to an aromatic ring is 1. The average Bonchev–Trinajstić information content (AvgIpc) is 3.22. The number of hydrogen-bond acceptors (Lipinski definition) is 5. The minimum Gasteiger partial charge on any atom is -0.364 e. The molecule has 2 heterocycles. The van der Waals surface area contributed by atoms with E-state index in [1.807, 2.05) is 5.32 Å². The number of ketones is 1. The fourth-order valence-electron chi connectivity index (χ4n) is 3.69. The zero-order valence-corrected chi connectivity index (χ0v) is 19.2. The number of nitrogens with two attached hydrogens (primary N) is 2. The van der Waals surface area contributed by atoms with Crippen LogP contribution in [0.15, 0.2) is 73.2 Å². The number of pyridine rings is 1. The fraction of sp³-hybridized carbons (Fsp3) is 0.0400. The Hall–Kier alpha value is -5.20. The van der Waals surface area contributed by atoms with Crippen LogP contribution in [-0.4, -0.2) is 27.4 Å². The molecule has 2 aromatic heterocycles. The third-order valence-electron chi connectivity index (χ3n) is 5.41. The molecule has 4 aromatic rings. The summed E-state index contributed by atoms with van der Waals surface area (Å²) in [5, 5.41) is 4.40. The predicted octanol–water partition coefficient (Wildman–Crippen LogP) is 4.40. The molecule has 38 heavy (non-hydrogen) atoms. The summed E-state index contributed by atoms with van der Waals surface area (Å²) in [7, 11) is 0. The quantitative estimate of drug-likeness (QED) is 0.167. The highest BCUT2D eigenvalue weighted by Gasteiger charge is 2.31. The van der Waals surface area contributed by atoms with E-state index in [9.17, 15) is 31.9 Å². The molecule has 0 aliphatic carbocycles. The van der Waals surface area contributed by atoms with Crippen LogP contribution in [0.2, 0.25) is 0 Å².